The molecule has 2 N–H and O–H groups in total. The molecule has 0 saturated heterocycles. The van der Waals surface area contributed by atoms with Gasteiger partial charge in [0.2, 0.25) is 5.91 Å². The molecule has 0 aromatic carbocycles. The van der Waals surface area contributed by atoms with Crippen LogP contribution in [0.4, 0.5) is 0 Å². The summed E-state index contributed by atoms with van der Waals surface area (Å²) in [6, 6.07) is 2.00. The van der Waals surface area contributed by atoms with E-state index in [0.29, 0.717) is 17.4 Å². The van der Waals surface area contributed by atoms with Crippen LogP contribution in [-0.4, -0.2) is 16.1 Å². The molecule has 4 heteroatoms. The molecule has 1 heterocycles. The number of nitrogens with one attached hydrogen (secondary N) is 2. The third-order valence-electron chi connectivity index (χ3n) is 6.30. The monoisotopic (exact) mass is 301 g/mol. The van der Waals surface area contributed by atoms with Crippen molar-refractivity contribution >= 4 is 5.91 Å². The van der Waals surface area contributed by atoms with Gasteiger partial charge in [-0.3, -0.25) is 9.89 Å². The zero-order valence-electron chi connectivity index (χ0n) is 14.0. The minimum atomic E-state index is -0.117. The van der Waals surface area contributed by atoms with Crippen molar-refractivity contribution in [3.8, 4) is 0 Å². The van der Waals surface area contributed by atoms with Gasteiger partial charge in [0.15, 0.2) is 0 Å². The number of rotatable bonds is 3. The van der Waals surface area contributed by atoms with Crippen LogP contribution in [0.1, 0.15) is 63.8 Å². The molecule has 5 rings (SSSR count). The zero-order chi connectivity index (χ0) is 15.6. The SMILES string of the molecule is Cc1cc(CNC(=O)C23CC4C[C@@](C)(C2)C[C@@](C)(C4)C3)n[nH]1. The van der Waals surface area contributed by atoms with Crippen LogP contribution in [0.2, 0.25) is 0 Å². The van der Waals surface area contributed by atoms with Crippen molar-refractivity contribution in [3.63, 3.8) is 0 Å². The second-order valence-corrected chi connectivity index (χ2v) is 9.14. The van der Waals surface area contributed by atoms with E-state index in [1.807, 2.05) is 13.0 Å². The second kappa shape index (κ2) is 4.36. The number of carbonyl (C=O) groups excluding carboxylic acids is 1. The van der Waals surface area contributed by atoms with E-state index in [1.165, 1.54) is 19.3 Å². The number of aryl methyl sites for hydroxylation is 1. The largest absolute Gasteiger partial charge is 0.350 e. The van der Waals surface area contributed by atoms with Crippen molar-refractivity contribution in [1.29, 1.82) is 0 Å². The zero-order valence-corrected chi connectivity index (χ0v) is 14.0. The number of nitrogens with zero attached hydrogens (tertiary/aromatic N) is 1. The molecule has 1 amide bonds. The molecule has 120 valence electrons. The highest BCUT2D eigenvalue weighted by molar-refractivity contribution is 5.83. The number of hydrogen-bond acceptors (Lipinski definition) is 2. The Kier molecular flexibility index (Phi) is 2.83. The quantitative estimate of drug-likeness (QED) is 0.899. The van der Waals surface area contributed by atoms with Crippen LogP contribution in [-0.2, 0) is 11.3 Å². The number of carbonyl (C=O) groups is 1. The van der Waals surface area contributed by atoms with E-state index < -0.39 is 0 Å². The summed E-state index contributed by atoms with van der Waals surface area (Å²) in [6.45, 7) is 7.35. The first kappa shape index (κ1) is 14.3. The van der Waals surface area contributed by atoms with Crippen LogP contribution in [0.3, 0.4) is 0 Å². The van der Waals surface area contributed by atoms with Gasteiger partial charge in [-0.1, -0.05) is 13.8 Å². The fourth-order valence-corrected chi connectivity index (χ4v) is 6.62. The molecule has 4 bridgehead atoms. The van der Waals surface area contributed by atoms with Gasteiger partial charge in [-0.2, -0.15) is 5.10 Å². The molecule has 1 aromatic heterocycles. The van der Waals surface area contributed by atoms with E-state index in [0.717, 1.165) is 36.6 Å². The number of aromatic amines is 1. The van der Waals surface area contributed by atoms with Crippen molar-refractivity contribution in [2.75, 3.05) is 0 Å². The number of amides is 1. The van der Waals surface area contributed by atoms with Crippen LogP contribution in [0.5, 0.6) is 0 Å². The molecule has 4 saturated carbocycles. The highest BCUT2D eigenvalue weighted by Gasteiger charge is 2.62. The standard InChI is InChI=1S/C18H27N3O/c1-12-4-14(21-20-12)8-19-15(22)18-7-13-5-16(2,10-18)9-17(3,6-13)11-18/h4,13H,5-11H2,1-3H3,(H,19,22)(H,20,21)/t13?,16-,17-,18?/m1/s1. The molecule has 0 spiro atoms. The molecule has 1 aromatic rings. The molecule has 0 radical (unpaired) electrons. The number of hydrogen-bond donors (Lipinski definition) is 2. The van der Waals surface area contributed by atoms with E-state index in [9.17, 15) is 4.79 Å². The summed E-state index contributed by atoms with van der Waals surface area (Å²) in [6.07, 6.45) is 7.23. The fraction of sp³-hybridized carbons (Fsp3) is 0.778. The van der Waals surface area contributed by atoms with E-state index in [1.54, 1.807) is 0 Å². The summed E-state index contributed by atoms with van der Waals surface area (Å²) in [5.41, 5.74) is 2.61. The predicted octanol–water partition coefficient (Wildman–Crippen LogP) is 3.33. The fourth-order valence-electron chi connectivity index (χ4n) is 6.62. The Hall–Kier alpha value is -1.32. The molecular formula is C18H27N3O. The summed E-state index contributed by atoms with van der Waals surface area (Å²) in [4.78, 5) is 13.0. The topological polar surface area (TPSA) is 57.8 Å². The molecule has 2 atom stereocenters. The van der Waals surface area contributed by atoms with Crippen molar-refractivity contribution in [2.45, 2.75) is 65.8 Å². The molecular weight excluding hydrogens is 274 g/mol. The third kappa shape index (κ3) is 2.19. The summed E-state index contributed by atoms with van der Waals surface area (Å²) in [5.74, 6) is 1.03. The van der Waals surface area contributed by atoms with Crippen molar-refractivity contribution in [1.82, 2.24) is 15.5 Å². The molecule has 4 aliphatic carbocycles. The summed E-state index contributed by atoms with van der Waals surface area (Å²) >= 11 is 0. The first-order chi connectivity index (χ1) is 10.3. The minimum absolute atomic E-state index is 0.117. The highest BCUT2D eigenvalue weighted by Crippen LogP contribution is 2.69. The highest BCUT2D eigenvalue weighted by atomic mass is 16.2. The van der Waals surface area contributed by atoms with Crippen molar-refractivity contribution < 1.29 is 4.79 Å². The summed E-state index contributed by atoms with van der Waals surface area (Å²) in [5, 5.41) is 10.3. The Morgan fingerprint density at radius 1 is 1.27 bits per heavy atom. The Balaban J connectivity index is 1.52. The second-order valence-electron chi connectivity index (χ2n) is 9.14. The van der Waals surface area contributed by atoms with Gasteiger partial charge in [0.25, 0.3) is 0 Å². The van der Waals surface area contributed by atoms with Crippen LogP contribution < -0.4 is 5.32 Å². The van der Waals surface area contributed by atoms with E-state index in [-0.39, 0.29) is 11.3 Å². The molecule has 0 unspecified atom stereocenters. The summed E-state index contributed by atoms with van der Waals surface area (Å²) in [7, 11) is 0. The maximum absolute atomic E-state index is 13.0. The average Bonchev–Trinajstić information content (AvgIpc) is 2.77. The molecule has 4 fully saturated rings. The molecule has 22 heavy (non-hydrogen) atoms. The van der Waals surface area contributed by atoms with Crippen molar-refractivity contribution in [3.05, 3.63) is 17.5 Å². The lowest BCUT2D eigenvalue weighted by Gasteiger charge is -2.64. The lowest BCUT2D eigenvalue weighted by atomic mass is 9.40. The summed E-state index contributed by atoms with van der Waals surface area (Å²) < 4.78 is 0. The molecule has 0 aliphatic heterocycles. The van der Waals surface area contributed by atoms with Gasteiger partial charge in [0.1, 0.15) is 0 Å². The Morgan fingerprint density at radius 3 is 2.50 bits per heavy atom. The Bertz CT molecular complexity index is 602. The van der Waals surface area contributed by atoms with Crippen LogP contribution in [0, 0.1) is 29.1 Å². The van der Waals surface area contributed by atoms with Gasteiger partial charge in [0, 0.05) is 5.69 Å². The minimum Gasteiger partial charge on any atom is -0.350 e. The van der Waals surface area contributed by atoms with Crippen LogP contribution in [0.25, 0.3) is 0 Å². The Morgan fingerprint density at radius 2 is 1.95 bits per heavy atom. The third-order valence-corrected chi connectivity index (χ3v) is 6.30. The number of H-pyrrole nitrogens is 1. The average molecular weight is 301 g/mol. The molecule has 4 aliphatic rings. The van der Waals surface area contributed by atoms with E-state index >= 15 is 0 Å². The lowest BCUT2D eigenvalue weighted by molar-refractivity contribution is -0.170. The maximum Gasteiger partial charge on any atom is 0.226 e. The normalized spacial score (nSPS) is 42.6. The van der Waals surface area contributed by atoms with E-state index in [2.05, 4.69) is 29.4 Å². The van der Waals surface area contributed by atoms with Gasteiger partial charge in [0.05, 0.1) is 17.7 Å². The first-order valence-electron chi connectivity index (χ1n) is 8.59. The maximum atomic E-state index is 13.0. The van der Waals surface area contributed by atoms with Gasteiger partial charge in [-0.25, -0.2) is 0 Å². The van der Waals surface area contributed by atoms with Gasteiger partial charge in [-0.15, -0.1) is 0 Å². The van der Waals surface area contributed by atoms with E-state index in [4.69, 9.17) is 0 Å². The van der Waals surface area contributed by atoms with Crippen LogP contribution >= 0.6 is 0 Å². The first-order valence-corrected chi connectivity index (χ1v) is 8.59. The van der Waals surface area contributed by atoms with Gasteiger partial charge in [-0.05, 0) is 68.3 Å². The smallest absolute Gasteiger partial charge is 0.226 e. The lowest BCUT2D eigenvalue weighted by Crippen LogP contribution is -2.59. The molecule has 4 nitrogen and oxygen atoms in total. The Labute approximate surface area is 132 Å². The van der Waals surface area contributed by atoms with Gasteiger partial charge < -0.3 is 5.32 Å². The predicted molar refractivity (Wildman–Crippen MR) is 85.0 cm³/mol. The van der Waals surface area contributed by atoms with Gasteiger partial charge >= 0.3 is 0 Å². The van der Waals surface area contributed by atoms with Crippen LogP contribution in [0.15, 0.2) is 6.07 Å². The number of aromatic nitrogens is 2. The van der Waals surface area contributed by atoms with Crippen molar-refractivity contribution in [2.24, 2.45) is 22.2 Å².